The molecule has 0 saturated carbocycles. The molecule has 1 aliphatic rings. The van der Waals surface area contributed by atoms with E-state index in [0.29, 0.717) is 0 Å². The molecule has 0 aliphatic carbocycles. The van der Waals surface area contributed by atoms with E-state index in [-0.39, 0.29) is 0 Å². The van der Waals surface area contributed by atoms with Crippen LogP contribution in [-0.2, 0) is 15.1 Å². The van der Waals surface area contributed by atoms with Crippen LogP contribution >= 0.6 is 0 Å². The summed E-state index contributed by atoms with van der Waals surface area (Å²) in [4.78, 5) is 0. The highest BCUT2D eigenvalue weighted by Gasteiger charge is 2.42. The molecule has 17 heavy (non-hydrogen) atoms. The fourth-order valence-electron chi connectivity index (χ4n) is 1.08. The highest BCUT2D eigenvalue weighted by Crippen LogP contribution is 2.18. The Morgan fingerprint density at radius 3 is 1.71 bits per heavy atom. The number of hydrogen-bond acceptors (Lipinski definition) is 8. The smallest absolute Gasteiger partial charge is 0.394 e. The van der Waals surface area contributed by atoms with Crippen molar-refractivity contribution in [3.8, 4) is 0 Å². The SMILES string of the molecule is O=S(=O)(O)O.OC[C@H]1OC(O)[C@@H](O)[C@@H](O)[C@@H]1O. The summed E-state index contributed by atoms with van der Waals surface area (Å²) in [6.07, 6.45) is -7.04. The van der Waals surface area contributed by atoms with Gasteiger partial charge in [-0.05, 0) is 0 Å². The molecular formula is C6H14O10S. The summed E-state index contributed by atoms with van der Waals surface area (Å²) in [5, 5.41) is 44.7. The molecule has 1 saturated heterocycles. The predicted octanol–water partition coefficient (Wildman–Crippen LogP) is -3.87. The molecule has 11 heteroatoms. The third-order valence-corrected chi connectivity index (χ3v) is 1.87. The highest BCUT2D eigenvalue weighted by atomic mass is 32.3. The van der Waals surface area contributed by atoms with E-state index in [1.807, 2.05) is 0 Å². The van der Waals surface area contributed by atoms with Gasteiger partial charge in [-0.3, -0.25) is 9.11 Å². The molecule has 5 atom stereocenters. The first kappa shape index (κ1) is 16.6. The summed E-state index contributed by atoms with van der Waals surface area (Å²) in [5.41, 5.74) is 0. The number of aliphatic hydroxyl groups is 5. The highest BCUT2D eigenvalue weighted by molar-refractivity contribution is 7.79. The van der Waals surface area contributed by atoms with E-state index in [4.69, 9.17) is 43.1 Å². The van der Waals surface area contributed by atoms with Crippen LogP contribution in [0.5, 0.6) is 0 Å². The zero-order chi connectivity index (χ0) is 13.8. The van der Waals surface area contributed by atoms with Gasteiger partial charge in [-0.25, -0.2) is 0 Å². The van der Waals surface area contributed by atoms with Crippen LogP contribution in [0.15, 0.2) is 0 Å². The van der Waals surface area contributed by atoms with Crippen molar-refractivity contribution in [2.45, 2.75) is 30.7 Å². The van der Waals surface area contributed by atoms with Crippen molar-refractivity contribution in [1.82, 2.24) is 0 Å². The lowest BCUT2D eigenvalue weighted by atomic mass is 10.00. The van der Waals surface area contributed by atoms with Crippen molar-refractivity contribution in [3.05, 3.63) is 0 Å². The fourth-order valence-corrected chi connectivity index (χ4v) is 1.08. The second-order valence-corrected chi connectivity index (χ2v) is 4.06. The molecular weight excluding hydrogens is 264 g/mol. The molecule has 0 bridgehead atoms. The van der Waals surface area contributed by atoms with Crippen LogP contribution in [0.4, 0.5) is 0 Å². The lowest BCUT2D eigenvalue weighted by Crippen LogP contribution is -2.58. The van der Waals surface area contributed by atoms with Gasteiger partial charge < -0.3 is 30.3 Å². The Balaban J connectivity index is 0.000000437. The van der Waals surface area contributed by atoms with E-state index in [0.717, 1.165) is 0 Å². The Bertz CT molecular complexity index is 302. The molecule has 7 N–H and O–H groups in total. The molecule has 0 spiro atoms. The monoisotopic (exact) mass is 278 g/mol. The third kappa shape index (κ3) is 6.21. The van der Waals surface area contributed by atoms with Crippen molar-refractivity contribution in [2.24, 2.45) is 0 Å². The van der Waals surface area contributed by atoms with Crippen molar-refractivity contribution in [1.29, 1.82) is 0 Å². The van der Waals surface area contributed by atoms with Gasteiger partial charge in [0.05, 0.1) is 6.61 Å². The fraction of sp³-hybridized carbons (Fsp3) is 1.00. The van der Waals surface area contributed by atoms with E-state index >= 15 is 0 Å². The van der Waals surface area contributed by atoms with Crippen LogP contribution in [-0.4, -0.2) is 80.4 Å². The van der Waals surface area contributed by atoms with Crippen LogP contribution < -0.4 is 0 Å². The predicted molar refractivity (Wildman–Crippen MR) is 50.2 cm³/mol. The average Bonchev–Trinajstić information content (AvgIpc) is 2.18. The molecule has 0 aromatic carbocycles. The maximum absolute atomic E-state index is 9.12. The van der Waals surface area contributed by atoms with Crippen molar-refractivity contribution in [2.75, 3.05) is 6.61 Å². The minimum atomic E-state index is -4.67. The molecule has 1 rings (SSSR count). The maximum atomic E-state index is 9.12. The van der Waals surface area contributed by atoms with Gasteiger partial charge in [0.25, 0.3) is 0 Å². The number of rotatable bonds is 1. The van der Waals surface area contributed by atoms with Gasteiger partial charge >= 0.3 is 10.4 Å². The Morgan fingerprint density at radius 2 is 1.35 bits per heavy atom. The standard InChI is InChI=1S/C6H12O6.H2O4S/c7-1-2-3(8)4(9)5(10)6(11)12-2;1-5(2,3)4/h2-11H,1H2;(H2,1,2,3,4)/t2-,3-,4+,5+,6?;/m1./s1. The zero-order valence-electron chi connectivity index (χ0n) is 8.36. The van der Waals surface area contributed by atoms with E-state index in [2.05, 4.69) is 4.74 Å². The molecule has 1 aliphatic heterocycles. The number of aliphatic hydroxyl groups excluding tert-OH is 5. The van der Waals surface area contributed by atoms with Crippen molar-refractivity contribution >= 4 is 10.4 Å². The number of ether oxygens (including phenoxy) is 1. The first-order valence-electron chi connectivity index (χ1n) is 4.26. The van der Waals surface area contributed by atoms with Gasteiger partial charge in [0.2, 0.25) is 0 Å². The molecule has 0 radical (unpaired) electrons. The van der Waals surface area contributed by atoms with Crippen LogP contribution in [0, 0.1) is 0 Å². The largest absolute Gasteiger partial charge is 0.394 e. The normalized spacial score (nSPS) is 38.2. The van der Waals surface area contributed by atoms with Crippen molar-refractivity contribution < 1.29 is 47.8 Å². The van der Waals surface area contributed by atoms with E-state index < -0.39 is 47.7 Å². The third-order valence-electron chi connectivity index (χ3n) is 1.87. The van der Waals surface area contributed by atoms with Crippen LogP contribution in [0.3, 0.4) is 0 Å². The summed E-state index contributed by atoms with van der Waals surface area (Å²) in [6, 6.07) is 0. The molecule has 1 fully saturated rings. The quantitative estimate of drug-likeness (QED) is 0.234. The Labute approximate surface area is 96.3 Å². The first-order valence-corrected chi connectivity index (χ1v) is 5.66. The summed E-state index contributed by atoms with van der Waals surface area (Å²) in [5.74, 6) is 0. The van der Waals surface area contributed by atoms with E-state index in [1.54, 1.807) is 0 Å². The van der Waals surface area contributed by atoms with Crippen LogP contribution in [0.2, 0.25) is 0 Å². The Kier molecular flexibility index (Phi) is 6.39. The lowest BCUT2D eigenvalue weighted by molar-refractivity contribution is -0.286. The first-order chi connectivity index (χ1) is 7.57. The minimum Gasteiger partial charge on any atom is -0.394 e. The lowest BCUT2D eigenvalue weighted by Gasteiger charge is -2.37. The second-order valence-electron chi connectivity index (χ2n) is 3.17. The van der Waals surface area contributed by atoms with Gasteiger partial charge in [-0.2, -0.15) is 8.42 Å². The Hall–Kier alpha value is -0.370. The summed E-state index contributed by atoms with van der Waals surface area (Å²) in [6.45, 7) is -0.526. The number of hydrogen-bond donors (Lipinski definition) is 7. The van der Waals surface area contributed by atoms with Gasteiger partial charge in [-0.15, -0.1) is 0 Å². The van der Waals surface area contributed by atoms with E-state index in [9.17, 15) is 0 Å². The summed E-state index contributed by atoms with van der Waals surface area (Å²) < 4.78 is 36.2. The molecule has 1 heterocycles. The summed E-state index contributed by atoms with van der Waals surface area (Å²) in [7, 11) is -4.67. The van der Waals surface area contributed by atoms with Crippen LogP contribution in [0.25, 0.3) is 0 Å². The van der Waals surface area contributed by atoms with E-state index in [1.165, 1.54) is 0 Å². The maximum Gasteiger partial charge on any atom is 0.394 e. The molecule has 0 aromatic heterocycles. The molecule has 10 nitrogen and oxygen atoms in total. The van der Waals surface area contributed by atoms with Gasteiger partial charge in [0.15, 0.2) is 6.29 Å². The zero-order valence-corrected chi connectivity index (χ0v) is 9.17. The Morgan fingerprint density at radius 1 is 0.941 bits per heavy atom. The summed E-state index contributed by atoms with van der Waals surface area (Å²) >= 11 is 0. The average molecular weight is 278 g/mol. The second kappa shape index (κ2) is 6.53. The molecule has 104 valence electrons. The molecule has 0 aromatic rings. The topological polar surface area (TPSA) is 185 Å². The van der Waals surface area contributed by atoms with Crippen LogP contribution in [0.1, 0.15) is 0 Å². The molecule has 0 amide bonds. The minimum absolute atomic E-state index is 0.526. The van der Waals surface area contributed by atoms with Gasteiger partial charge in [0, 0.05) is 0 Å². The van der Waals surface area contributed by atoms with Gasteiger partial charge in [-0.1, -0.05) is 0 Å². The van der Waals surface area contributed by atoms with Gasteiger partial charge in [0.1, 0.15) is 24.4 Å². The van der Waals surface area contributed by atoms with Crippen molar-refractivity contribution in [3.63, 3.8) is 0 Å². The molecule has 1 unspecified atom stereocenters.